The maximum Gasteiger partial charge on any atom is 0.218 e. The predicted octanol–water partition coefficient (Wildman–Crippen LogP) is 0.407. The molecule has 0 saturated carbocycles. The van der Waals surface area contributed by atoms with Crippen LogP contribution in [0.4, 0.5) is 0 Å². The van der Waals surface area contributed by atoms with Crippen molar-refractivity contribution in [3.05, 3.63) is 35.9 Å². The molecule has 2 rings (SSSR count). The summed E-state index contributed by atoms with van der Waals surface area (Å²) >= 11 is 0. The number of hydrogen-bond donors (Lipinski definition) is 1. The summed E-state index contributed by atoms with van der Waals surface area (Å²) in [5, 5.41) is 0. The Hall–Kier alpha value is -0.910. The van der Waals surface area contributed by atoms with Crippen LogP contribution in [-0.4, -0.2) is 32.4 Å². The molecule has 16 heavy (non-hydrogen) atoms. The van der Waals surface area contributed by atoms with Crippen molar-refractivity contribution in [1.82, 2.24) is 4.31 Å². The number of sulfonamides is 1. The van der Waals surface area contributed by atoms with E-state index in [0.29, 0.717) is 25.6 Å². The fraction of sp³-hybridized carbons (Fsp3) is 0.455. The molecule has 88 valence electrons. The van der Waals surface area contributed by atoms with E-state index in [-0.39, 0.29) is 5.75 Å². The second kappa shape index (κ2) is 4.53. The van der Waals surface area contributed by atoms with Gasteiger partial charge in [-0.3, -0.25) is 0 Å². The van der Waals surface area contributed by atoms with Crippen LogP contribution in [0.5, 0.6) is 0 Å². The quantitative estimate of drug-likeness (QED) is 0.829. The number of hydrogen-bond acceptors (Lipinski definition) is 3. The van der Waals surface area contributed by atoms with E-state index in [1.165, 1.54) is 4.31 Å². The molecule has 0 bridgehead atoms. The molecule has 0 spiro atoms. The molecule has 0 amide bonds. The van der Waals surface area contributed by atoms with Crippen LogP contribution >= 0.6 is 0 Å². The van der Waals surface area contributed by atoms with Crippen LogP contribution in [-0.2, 0) is 15.8 Å². The Bertz CT molecular complexity index is 438. The second-order valence-electron chi connectivity index (χ2n) is 4.16. The van der Waals surface area contributed by atoms with Crippen molar-refractivity contribution < 1.29 is 8.42 Å². The van der Waals surface area contributed by atoms with Gasteiger partial charge in [0, 0.05) is 13.1 Å². The second-order valence-corrected chi connectivity index (χ2v) is 6.13. The Morgan fingerprint density at radius 3 is 2.44 bits per heavy atom. The third-order valence-electron chi connectivity index (χ3n) is 2.84. The monoisotopic (exact) mass is 240 g/mol. The lowest BCUT2D eigenvalue weighted by Crippen LogP contribution is -2.52. The van der Waals surface area contributed by atoms with E-state index in [0.717, 1.165) is 5.56 Å². The van der Waals surface area contributed by atoms with Gasteiger partial charge in [0.15, 0.2) is 0 Å². The Morgan fingerprint density at radius 2 is 1.88 bits per heavy atom. The molecular formula is C11H16N2O2S. The van der Waals surface area contributed by atoms with Crippen molar-refractivity contribution in [1.29, 1.82) is 0 Å². The van der Waals surface area contributed by atoms with E-state index in [1.807, 2.05) is 30.3 Å². The highest BCUT2D eigenvalue weighted by Crippen LogP contribution is 2.21. The molecular weight excluding hydrogens is 224 g/mol. The summed E-state index contributed by atoms with van der Waals surface area (Å²) in [5.74, 6) is 0.427. The summed E-state index contributed by atoms with van der Waals surface area (Å²) in [6.07, 6.45) is 0. The molecule has 2 N–H and O–H groups in total. The van der Waals surface area contributed by atoms with Crippen molar-refractivity contribution in [3.8, 4) is 0 Å². The first-order chi connectivity index (χ1) is 7.62. The molecule has 1 aliphatic rings. The van der Waals surface area contributed by atoms with E-state index < -0.39 is 10.0 Å². The number of rotatable bonds is 4. The first-order valence-corrected chi connectivity index (χ1v) is 6.94. The average Bonchev–Trinajstić information content (AvgIpc) is 2.16. The first-order valence-electron chi connectivity index (χ1n) is 5.33. The zero-order valence-corrected chi connectivity index (χ0v) is 9.86. The standard InChI is InChI=1S/C11H16N2O2S/c12-6-11-7-13(8-11)16(14,15)9-10-4-2-1-3-5-10/h1-5,11H,6-9,12H2. The Kier molecular flexibility index (Phi) is 3.28. The highest BCUT2D eigenvalue weighted by molar-refractivity contribution is 7.88. The molecule has 1 heterocycles. The van der Waals surface area contributed by atoms with Gasteiger partial charge in [-0.15, -0.1) is 0 Å². The van der Waals surface area contributed by atoms with E-state index in [2.05, 4.69) is 0 Å². The fourth-order valence-corrected chi connectivity index (χ4v) is 3.45. The summed E-state index contributed by atoms with van der Waals surface area (Å²) in [6, 6.07) is 9.24. The van der Waals surface area contributed by atoms with Crippen molar-refractivity contribution in [2.45, 2.75) is 5.75 Å². The molecule has 1 aromatic rings. The highest BCUT2D eigenvalue weighted by Gasteiger charge is 2.34. The smallest absolute Gasteiger partial charge is 0.218 e. The van der Waals surface area contributed by atoms with E-state index in [4.69, 9.17) is 5.73 Å². The maximum atomic E-state index is 11.9. The van der Waals surface area contributed by atoms with Gasteiger partial charge in [-0.05, 0) is 18.0 Å². The molecule has 0 radical (unpaired) electrons. The predicted molar refractivity (Wildman–Crippen MR) is 63.2 cm³/mol. The zero-order chi connectivity index (χ0) is 11.6. The minimum absolute atomic E-state index is 0.0884. The van der Waals surface area contributed by atoms with Crippen LogP contribution in [0.1, 0.15) is 5.56 Å². The lowest BCUT2D eigenvalue weighted by atomic mass is 10.0. The summed E-state index contributed by atoms with van der Waals surface area (Å²) in [7, 11) is -3.14. The van der Waals surface area contributed by atoms with Gasteiger partial charge in [0.25, 0.3) is 0 Å². The normalized spacial score (nSPS) is 18.3. The number of nitrogens with two attached hydrogens (primary N) is 1. The van der Waals surface area contributed by atoms with Gasteiger partial charge in [-0.2, -0.15) is 0 Å². The molecule has 1 saturated heterocycles. The Labute approximate surface area is 96.1 Å². The van der Waals surface area contributed by atoms with Crippen LogP contribution < -0.4 is 5.73 Å². The average molecular weight is 240 g/mol. The molecule has 0 aliphatic carbocycles. The van der Waals surface area contributed by atoms with Gasteiger partial charge in [0.2, 0.25) is 10.0 Å². The molecule has 1 aromatic carbocycles. The van der Waals surface area contributed by atoms with E-state index in [1.54, 1.807) is 0 Å². The van der Waals surface area contributed by atoms with Crippen LogP contribution in [0, 0.1) is 5.92 Å². The van der Waals surface area contributed by atoms with Gasteiger partial charge in [-0.25, -0.2) is 12.7 Å². The van der Waals surface area contributed by atoms with E-state index >= 15 is 0 Å². The Balaban J connectivity index is 2.00. The van der Waals surface area contributed by atoms with Crippen molar-refractivity contribution >= 4 is 10.0 Å². The third-order valence-corrected chi connectivity index (χ3v) is 4.63. The summed E-state index contributed by atoms with van der Waals surface area (Å²) < 4.78 is 25.4. The summed E-state index contributed by atoms with van der Waals surface area (Å²) in [4.78, 5) is 0. The van der Waals surface area contributed by atoms with Gasteiger partial charge in [-0.1, -0.05) is 30.3 Å². The highest BCUT2D eigenvalue weighted by atomic mass is 32.2. The molecule has 0 unspecified atom stereocenters. The lowest BCUT2D eigenvalue weighted by Gasteiger charge is -2.37. The largest absolute Gasteiger partial charge is 0.330 e. The molecule has 4 nitrogen and oxygen atoms in total. The van der Waals surface area contributed by atoms with Crippen LogP contribution in [0.3, 0.4) is 0 Å². The van der Waals surface area contributed by atoms with E-state index in [9.17, 15) is 8.42 Å². The SMILES string of the molecule is NCC1CN(S(=O)(=O)Cc2ccccc2)C1. The summed E-state index contributed by atoms with van der Waals surface area (Å²) in [5.41, 5.74) is 6.30. The lowest BCUT2D eigenvalue weighted by molar-refractivity contribution is 0.207. The summed E-state index contributed by atoms with van der Waals surface area (Å²) in [6.45, 7) is 1.72. The minimum Gasteiger partial charge on any atom is -0.330 e. The van der Waals surface area contributed by atoms with Gasteiger partial charge in [0.05, 0.1) is 5.75 Å². The fourth-order valence-electron chi connectivity index (χ4n) is 1.77. The van der Waals surface area contributed by atoms with Crippen LogP contribution in [0.15, 0.2) is 30.3 Å². The molecule has 0 aromatic heterocycles. The van der Waals surface area contributed by atoms with Gasteiger partial charge < -0.3 is 5.73 Å². The van der Waals surface area contributed by atoms with Crippen LogP contribution in [0.2, 0.25) is 0 Å². The molecule has 1 aliphatic heterocycles. The van der Waals surface area contributed by atoms with Gasteiger partial charge >= 0.3 is 0 Å². The van der Waals surface area contributed by atoms with Crippen molar-refractivity contribution in [3.63, 3.8) is 0 Å². The third kappa shape index (κ3) is 2.42. The molecule has 1 fully saturated rings. The maximum absolute atomic E-state index is 11.9. The first kappa shape index (κ1) is 11.6. The van der Waals surface area contributed by atoms with Crippen LogP contribution in [0.25, 0.3) is 0 Å². The number of benzene rings is 1. The Morgan fingerprint density at radius 1 is 1.25 bits per heavy atom. The molecule has 5 heteroatoms. The molecule has 0 atom stereocenters. The minimum atomic E-state index is -3.14. The van der Waals surface area contributed by atoms with Crippen molar-refractivity contribution in [2.24, 2.45) is 11.7 Å². The topological polar surface area (TPSA) is 63.4 Å². The van der Waals surface area contributed by atoms with Crippen molar-refractivity contribution in [2.75, 3.05) is 19.6 Å². The zero-order valence-electron chi connectivity index (χ0n) is 9.04. The number of nitrogens with zero attached hydrogens (tertiary/aromatic N) is 1. The van der Waals surface area contributed by atoms with Gasteiger partial charge in [0.1, 0.15) is 0 Å².